The highest BCUT2D eigenvalue weighted by Gasteiger charge is 2.41. The fourth-order valence-electron chi connectivity index (χ4n) is 6.78. The Hall–Kier alpha value is -4.68. The van der Waals surface area contributed by atoms with Gasteiger partial charge in [0.2, 0.25) is 35.4 Å². The van der Waals surface area contributed by atoms with Crippen LogP contribution < -0.4 is 31.9 Å². The molecule has 324 valence electrons. The molecule has 0 radical (unpaired) electrons. The van der Waals surface area contributed by atoms with Crippen LogP contribution in [-0.2, 0) is 48.4 Å². The highest BCUT2D eigenvalue weighted by molar-refractivity contribution is 7.98. The number of nitrogens with one attached hydrogen (secondary N) is 6. The predicted molar refractivity (Wildman–Crippen MR) is 237 cm³/mol. The molecule has 0 bridgehead atoms. The van der Waals surface area contributed by atoms with Gasteiger partial charge in [0.05, 0.1) is 0 Å². The van der Waals surface area contributed by atoms with E-state index in [-0.39, 0.29) is 56.6 Å². The summed E-state index contributed by atoms with van der Waals surface area (Å²) in [6.45, 7) is 0.758. The van der Waals surface area contributed by atoms with E-state index in [9.17, 15) is 28.8 Å². The van der Waals surface area contributed by atoms with Gasteiger partial charge in [-0.3, -0.25) is 43.7 Å². The molecule has 0 spiro atoms. The Balaban J connectivity index is 1.53. The Labute approximate surface area is 365 Å². The van der Waals surface area contributed by atoms with E-state index in [0.29, 0.717) is 36.5 Å². The fraction of sp³-hybridized carbons (Fsp3) is 0.500. The second-order valence-electron chi connectivity index (χ2n) is 14.5. The lowest BCUT2D eigenvalue weighted by molar-refractivity contribution is -0.139. The SMILES string of the molecule is CSCC[C@H](NC(=O)C1CC(C(=O)N[C@@H](CCSC)C(=O)NCc2ccncc2)CC(C(=O)N[C@@H](CCSC)C(=O)NCc2ccncc2)C1)C(=O)NCc1ccncc1. The number of amides is 6. The summed E-state index contributed by atoms with van der Waals surface area (Å²) in [4.78, 5) is 94.9. The number of carbonyl (C=O) groups is 6. The maximum atomic E-state index is 14.2. The van der Waals surface area contributed by atoms with E-state index >= 15 is 0 Å². The van der Waals surface area contributed by atoms with E-state index in [1.165, 1.54) is 0 Å². The number of hydrogen-bond donors (Lipinski definition) is 6. The zero-order valence-electron chi connectivity index (χ0n) is 34.4. The van der Waals surface area contributed by atoms with E-state index in [2.05, 4.69) is 46.9 Å². The van der Waals surface area contributed by atoms with Crippen molar-refractivity contribution in [3.63, 3.8) is 0 Å². The van der Waals surface area contributed by atoms with E-state index in [1.54, 1.807) is 109 Å². The van der Waals surface area contributed by atoms with Gasteiger partial charge >= 0.3 is 0 Å². The topological polar surface area (TPSA) is 213 Å². The Morgan fingerprint density at radius 2 is 0.733 bits per heavy atom. The van der Waals surface area contributed by atoms with E-state index < -0.39 is 53.6 Å². The third-order valence-corrected chi connectivity index (χ3v) is 12.1. The van der Waals surface area contributed by atoms with Crippen molar-refractivity contribution in [1.29, 1.82) is 0 Å². The maximum Gasteiger partial charge on any atom is 0.242 e. The van der Waals surface area contributed by atoms with Gasteiger partial charge in [-0.2, -0.15) is 35.3 Å². The average molecular weight is 880 g/mol. The van der Waals surface area contributed by atoms with Crippen molar-refractivity contribution in [1.82, 2.24) is 46.9 Å². The van der Waals surface area contributed by atoms with Gasteiger partial charge in [-0.05, 0) is 128 Å². The van der Waals surface area contributed by atoms with Crippen molar-refractivity contribution >= 4 is 70.7 Å². The van der Waals surface area contributed by atoms with Crippen LogP contribution in [0.1, 0.15) is 55.2 Å². The summed E-state index contributed by atoms with van der Waals surface area (Å²) in [6, 6.07) is 8.19. The van der Waals surface area contributed by atoms with Crippen LogP contribution >= 0.6 is 35.3 Å². The summed E-state index contributed by atoms with van der Waals surface area (Å²) in [5.41, 5.74) is 2.56. The molecule has 3 aromatic rings. The Morgan fingerprint density at radius 1 is 0.483 bits per heavy atom. The van der Waals surface area contributed by atoms with Crippen LogP contribution in [0.4, 0.5) is 0 Å². The average Bonchev–Trinajstić information content (AvgIpc) is 3.28. The molecule has 0 aromatic carbocycles. The number of nitrogens with zero attached hydrogens (tertiary/aromatic N) is 3. The van der Waals surface area contributed by atoms with E-state index in [0.717, 1.165) is 16.7 Å². The molecule has 18 heteroatoms. The molecule has 3 aromatic heterocycles. The monoisotopic (exact) mass is 879 g/mol. The van der Waals surface area contributed by atoms with Gasteiger partial charge in [0.15, 0.2) is 0 Å². The number of aromatic nitrogens is 3. The normalized spacial score (nSPS) is 17.6. The molecule has 3 heterocycles. The lowest BCUT2D eigenvalue weighted by Crippen LogP contribution is -2.53. The molecule has 6 amide bonds. The summed E-state index contributed by atoms with van der Waals surface area (Å²) in [7, 11) is 0. The van der Waals surface area contributed by atoms with Crippen molar-refractivity contribution in [2.45, 2.75) is 76.3 Å². The lowest BCUT2D eigenvalue weighted by Gasteiger charge is -2.35. The van der Waals surface area contributed by atoms with Crippen LogP contribution in [0.3, 0.4) is 0 Å². The van der Waals surface area contributed by atoms with Gasteiger partial charge in [-0.1, -0.05) is 0 Å². The van der Waals surface area contributed by atoms with Crippen molar-refractivity contribution < 1.29 is 28.8 Å². The quantitative estimate of drug-likeness (QED) is 0.0767. The van der Waals surface area contributed by atoms with Crippen molar-refractivity contribution in [3.05, 3.63) is 90.3 Å². The predicted octanol–water partition coefficient (Wildman–Crippen LogP) is 2.87. The first-order chi connectivity index (χ1) is 29.1. The molecule has 6 N–H and O–H groups in total. The standard InChI is InChI=1S/C42H57N9O6S3/c1-58-19-10-34(40(55)46-25-28-4-13-43-14-5-28)49-37(52)31-22-32(38(53)50-35(11-20-59-2)41(56)47-26-29-6-15-44-16-7-29)24-33(23-31)39(54)51-36(12-21-60-3)42(57)48-27-30-8-17-45-18-9-30/h4-9,13-18,31-36H,10-12,19-27H2,1-3H3,(H,46,55)(H,47,56)(H,48,57)(H,49,52)(H,50,53)(H,51,54)/t31?,32?,33?,34-,35-,36-/m0/s1. The number of pyridine rings is 3. The van der Waals surface area contributed by atoms with Gasteiger partial charge in [0.1, 0.15) is 18.1 Å². The smallest absolute Gasteiger partial charge is 0.242 e. The molecule has 1 fully saturated rings. The highest BCUT2D eigenvalue weighted by atomic mass is 32.2. The largest absolute Gasteiger partial charge is 0.350 e. The second-order valence-corrected chi connectivity index (χ2v) is 17.5. The zero-order chi connectivity index (χ0) is 43.1. The number of thioether (sulfide) groups is 3. The molecular weight excluding hydrogens is 823 g/mol. The molecule has 0 unspecified atom stereocenters. The van der Waals surface area contributed by atoms with Crippen molar-refractivity contribution in [2.24, 2.45) is 17.8 Å². The minimum atomic E-state index is -0.853. The summed E-state index contributed by atoms with van der Waals surface area (Å²) >= 11 is 4.63. The van der Waals surface area contributed by atoms with Crippen LogP contribution in [0.2, 0.25) is 0 Å². The Morgan fingerprint density at radius 3 is 0.967 bits per heavy atom. The second kappa shape index (κ2) is 26.5. The van der Waals surface area contributed by atoms with Crippen LogP contribution in [0, 0.1) is 17.8 Å². The molecule has 3 atom stereocenters. The highest BCUT2D eigenvalue weighted by Crippen LogP contribution is 2.35. The minimum Gasteiger partial charge on any atom is -0.350 e. The first kappa shape index (κ1) is 48.0. The minimum absolute atomic E-state index is 0.103. The maximum absolute atomic E-state index is 14.2. The van der Waals surface area contributed by atoms with Gasteiger partial charge < -0.3 is 31.9 Å². The van der Waals surface area contributed by atoms with E-state index in [4.69, 9.17) is 0 Å². The van der Waals surface area contributed by atoms with Crippen molar-refractivity contribution in [3.8, 4) is 0 Å². The summed E-state index contributed by atoms with van der Waals surface area (Å²) in [5.74, 6) is -3.01. The molecule has 1 aliphatic carbocycles. The zero-order valence-corrected chi connectivity index (χ0v) is 36.8. The lowest BCUT2D eigenvalue weighted by atomic mass is 9.73. The van der Waals surface area contributed by atoms with Crippen LogP contribution in [0.15, 0.2) is 73.6 Å². The molecule has 15 nitrogen and oxygen atoms in total. The van der Waals surface area contributed by atoms with Crippen LogP contribution in [0.25, 0.3) is 0 Å². The van der Waals surface area contributed by atoms with Crippen molar-refractivity contribution in [2.75, 3.05) is 36.0 Å². The van der Waals surface area contributed by atoms with Gasteiger partial charge in [-0.15, -0.1) is 0 Å². The number of rotatable bonds is 24. The summed E-state index contributed by atoms with van der Waals surface area (Å²) in [5, 5.41) is 17.5. The Bertz CT molecular complexity index is 1600. The third-order valence-electron chi connectivity index (χ3n) is 10.2. The van der Waals surface area contributed by atoms with Gasteiger partial charge in [0, 0.05) is 74.6 Å². The molecule has 0 saturated heterocycles. The van der Waals surface area contributed by atoms with E-state index in [1.807, 2.05) is 18.8 Å². The van der Waals surface area contributed by atoms with Gasteiger partial charge in [-0.25, -0.2) is 0 Å². The number of carbonyl (C=O) groups excluding carboxylic acids is 6. The molecule has 1 saturated carbocycles. The molecule has 60 heavy (non-hydrogen) atoms. The first-order valence-electron chi connectivity index (χ1n) is 20.0. The molecule has 4 rings (SSSR count). The summed E-state index contributed by atoms with van der Waals surface area (Å²) in [6.07, 6.45) is 17.0. The van der Waals surface area contributed by atoms with Gasteiger partial charge in [0.25, 0.3) is 0 Å². The molecule has 1 aliphatic rings. The number of hydrogen-bond acceptors (Lipinski definition) is 12. The first-order valence-corrected chi connectivity index (χ1v) is 24.2. The molecular formula is C42H57N9O6S3. The third kappa shape index (κ3) is 16.4. The van der Waals surface area contributed by atoms with Crippen LogP contribution in [0.5, 0.6) is 0 Å². The fourth-order valence-corrected chi connectivity index (χ4v) is 8.20. The van der Waals surface area contributed by atoms with Crippen LogP contribution in [-0.4, -0.2) is 105 Å². The summed E-state index contributed by atoms with van der Waals surface area (Å²) < 4.78 is 0. The molecule has 0 aliphatic heterocycles. The Kier molecular flexibility index (Phi) is 21.2.